The Bertz CT molecular complexity index is 915. The fourth-order valence-corrected chi connectivity index (χ4v) is 3.96. The predicted octanol–water partition coefficient (Wildman–Crippen LogP) is 2.83. The summed E-state index contributed by atoms with van der Waals surface area (Å²) in [6, 6.07) is 16.2. The number of esters is 1. The van der Waals surface area contributed by atoms with Crippen molar-refractivity contribution in [1.82, 2.24) is 0 Å². The molecule has 0 aliphatic heterocycles. The number of ether oxygens (including phenoxy) is 1. The van der Waals surface area contributed by atoms with E-state index in [1.165, 1.54) is 0 Å². The van der Waals surface area contributed by atoms with E-state index in [-0.39, 0.29) is 18.5 Å². The maximum absolute atomic E-state index is 12.5. The number of carbonyl (C=O) groups is 2. The van der Waals surface area contributed by atoms with Crippen LogP contribution in [0, 0.1) is 5.92 Å². The molecule has 0 spiro atoms. The molecule has 1 saturated carbocycles. The molecule has 7 nitrogen and oxygen atoms in total. The number of carboxylic acids is 1. The van der Waals surface area contributed by atoms with Crippen LogP contribution in [0.15, 0.2) is 59.6 Å². The molecule has 0 amide bonds. The highest BCUT2D eigenvalue weighted by Gasteiger charge is 2.43. The molecule has 1 aliphatic rings. The quantitative estimate of drug-likeness (QED) is 0.366. The Balaban J connectivity index is 1.73. The van der Waals surface area contributed by atoms with E-state index in [1.807, 2.05) is 30.3 Å². The molecule has 0 unspecified atom stereocenters. The molecule has 5 N–H and O–H groups in total. The van der Waals surface area contributed by atoms with Gasteiger partial charge in [0, 0.05) is 6.54 Å². The van der Waals surface area contributed by atoms with Crippen molar-refractivity contribution in [3.05, 3.63) is 71.3 Å². The zero-order chi connectivity index (χ0) is 21.6. The summed E-state index contributed by atoms with van der Waals surface area (Å²) in [6.07, 6.45) is 2.34. The summed E-state index contributed by atoms with van der Waals surface area (Å²) in [6.45, 7) is 0.671. The summed E-state index contributed by atoms with van der Waals surface area (Å²) >= 11 is 0. The van der Waals surface area contributed by atoms with Crippen molar-refractivity contribution in [2.45, 2.75) is 37.7 Å². The number of rotatable bonds is 7. The molecule has 0 radical (unpaired) electrons. The molecule has 3 rings (SSSR count). The number of aliphatic carboxylic acids is 1. The van der Waals surface area contributed by atoms with Gasteiger partial charge in [0.15, 0.2) is 5.96 Å². The first-order valence-electron chi connectivity index (χ1n) is 10.0. The number of nitrogens with zero attached hydrogens (tertiary/aromatic N) is 1. The Morgan fingerprint density at radius 2 is 1.77 bits per heavy atom. The molecule has 0 atom stereocenters. The van der Waals surface area contributed by atoms with Crippen LogP contribution < -0.4 is 11.5 Å². The Hall–Kier alpha value is -3.35. The van der Waals surface area contributed by atoms with Crippen LogP contribution in [0.2, 0.25) is 0 Å². The van der Waals surface area contributed by atoms with Gasteiger partial charge in [0.05, 0.1) is 11.0 Å². The molecule has 0 heterocycles. The number of aliphatic imine (C=N–C) groups is 1. The van der Waals surface area contributed by atoms with Crippen LogP contribution in [0.25, 0.3) is 0 Å². The van der Waals surface area contributed by atoms with Crippen LogP contribution in [0.5, 0.6) is 0 Å². The first-order valence-corrected chi connectivity index (χ1v) is 10.0. The van der Waals surface area contributed by atoms with Crippen LogP contribution in [0.4, 0.5) is 0 Å². The minimum Gasteiger partial charge on any atom is -0.481 e. The average Bonchev–Trinajstić information content (AvgIpc) is 2.77. The Morgan fingerprint density at radius 1 is 1.07 bits per heavy atom. The van der Waals surface area contributed by atoms with Gasteiger partial charge >= 0.3 is 11.9 Å². The second-order valence-corrected chi connectivity index (χ2v) is 7.74. The molecule has 0 aromatic heterocycles. The number of hydrogen-bond acceptors (Lipinski definition) is 4. The Labute approximate surface area is 175 Å². The van der Waals surface area contributed by atoms with Gasteiger partial charge in [-0.15, -0.1) is 0 Å². The first kappa shape index (κ1) is 21.4. The van der Waals surface area contributed by atoms with Gasteiger partial charge in [-0.2, -0.15) is 0 Å². The number of carbonyl (C=O) groups excluding carboxylic acids is 1. The third-order valence-electron chi connectivity index (χ3n) is 5.76. The monoisotopic (exact) mass is 409 g/mol. The second-order valence-electron chi connectivity index (χ2n) is 7.74. The van der Waals surface area contributed by atoms with Crippen LogP contribution in [-0.2, 0) is 21.6 Å². The highest BCUT2D eigenvalue weighted by molar-refractivity contribution is 5.90. The van der Waals surface area contributed by atoms with E-state index in [9.17, 15) is 14.7 Å². The van der Waals surface area contributed by atoms with Gasteiger partial charge in [0.25, 0.3) is 0 Å². The molecule has 1 aliphatic carbocycles. The molecule has 2 aromatic rings. The molecule has 158 valence electrons. The summed E-state index contributed by atoms with van der Waals surface area (Å²) in [7, 11) is 0. The van der Waals surface area contributed by atoms with Crippen molar-refractivity contribution in [1.29, 1.82) is 0 Å². The van der Waals surface area contributed by atoms with Crippen LogP contribution in [0.3, 0.4) is 0 Å². The lowest BCUT2D eigenvalue weighted by Crippen LogP contribution is -2.40. The topological polar surface area (TPSA) is 128 Å². The van der Waals surface area contributed by atoms with Crippen molar-refractivity contribution in [2.24, 2.45) is 22.4 Å². The van der Waals surface area contributed by atoms with Crippen molar-refractivity contribution in [3.63, 3.8) is 0 Å². The van der Waals surface area contributed by atoms with E-state index in [0.29, 0.717) is 43.4 Å². The molecule has 0 bridgehead atoms. The highest BCUT2D eigenvalue weighted by Crippen LogP contribution is 2.42. The van der Waals surface area contributed by atoms with Gasteiger partial charge in [-0.25, -0.2) is 4.79 Å². The van der Waals surface area contributed by atoms with Gasteiger partial charge in [0.1, 0.15) is 6.61 Å². The predicted molar refractivity (Wildman–Crippen MR) is 114 cm³/mol. The van der Waals surface area contributed by atoms with Gasteiger partial charge in [-0.05, 0) is 54.9 Å². The highest BCUT2D eigenvalue weighted by atomic mass is 16.5. The fourth-order valence-electron chi connectivity index (χ4n) is 3.96. The Morgan fingerprint density at radius 3 is 2.40 bits per heavy atom. The van der Waals surface area contributed by atoms with Gasteiger partial charge < -0.3 is 21.3 Å². The zero-order valence-electron chi connectivity index (χ0n) is 16.8. The number of hydrogen-bond donors (Lipinski definition) is 3. The van der Waals surface area contributed by atoms with Gasteiger partial charge in [0.2, 0.25) is 0 Å². The van der Waals surface area contributed by atoms with Crippen molar-refractivity contribution < 1.29 is 19.4 Å². The van der Waals surface area contributed by atoms with Crippen LogP contribution in [-0.4, -0.2) is 29.5 Å². The fraction of sp³-hybridized carbons (Fsp3) is 0.348. The summed E-state index contributed by atoms with van der Waals surface area (Å²) in [4.78, 5) is 28.8. The lowest BCUT2D eigenvalue weighted by atomic mass is 9.66. The van der Waals surface area contributed by atoms with Crippen molar-refractivity contribution >= 4 is 17.9 Å². The minimum absolute atomic E-state index is 0.0480. The summed E-state index contributed by atoms with van der Waals surface area (Å²) < 4.78 is 5.40. The lowest BCUT2D eigenvalue weighted by Gasteiger charge is -2.37. The largest absolute Gasteiger partial charge is 0.481 e. The van der Waals surface area contributed by atoms with E-state index < -0.39 is 17.4 Å². The van der Waals surface area contributed by atoms with Crippen LogP contribution in [0.1, 0.15) is 47.2 Å². The minimum atomic E-state index is -1.02. The SMILES string of the molecule is NC(N)=NCC1CCC(C(=O)O)(c2cccc(C(=O)OCc3ccccc3)c2)CC1. The molecule has 7 heteroatoms. The number of nitrogens with two attached hydrogens (primary N) is 2. The van der Waals surface area contributed by atoms with Gasteiger partial charge in [-0.3, -0.25) is 9.79 Å². The molecule has 0 saturated heterocycles. The zero-order valence-corrected chi connectivity index (χ0v) is 16.8. The molecular weight excluding hydrogens is 382 g/mol. The maximum atomic E-state index is 12.5. The third-order valence-corrected chi connectivity index (χ3v) is 5.76. The standard InChI is InChI=1S/C23H27N3O4/c24-22(25)26-14-16-9-11-23(12-10-16,21(28)29)19-8-4-7-18(13-19)20(27)30-15-17-5-2-1-3-6-17/h1-8,13,16H,9-12,14-15H2,(H,28,29)(H4,24,25,26). The third kappa shape index (κ3) is 4.97. The number of benzene rings is 2. The smallest absolute Gasteiger partial charge is 0.338 e. The average molecular weight is 409 g/mol. The molecular formula is C23H27N3O4. The Kier molecular flexibility index (Phi) is 6.72. The maximum Gasteiger partial charge on any atom is 0.338 e. The van der Waals surface area contributed by atoms with E-state index in [4.69, 9.17) is 16.2 Å². The normalized spacial score (nSPS) is 20.9. The first-order chi connectivity index (χ1) is 14.4. The molecule has 2 aromatic carbocycles. The van der Waals surface area contributed by atoms with E-state index in [2.05, 4.69) is 4.99 Å². The summed E-state index contributed by atoms with van der Waals surface area (Å²) in [5, 5.41) is 10.0. The second kappa shape index (κ2) is 9.43. The number of carboxylic acid groups (broad SMARTS) is 1. The van der Waals surface area contributed by atoms with E-state index in [1.54, 1.807) is 24.3 Å². The summed E-state index contributed by atoms with van der Waals surface area (Å²) in [5.41, 5.74) is 11.6. The molecule has 30 heavy (non-hydrogen) atoms. The van der Waals surface area contributed by atoms with E-state index >= 15 is 0 Å². The lowest BCUT2D eigenvalue weighted by molar-refractivity contribution is -0.145. The molecule has 1 fully saturated rings. The van der Waals surface area contributed by atoms with Crippen LogP contribution >= 0.6 is 0 Å². The van der Waals surface area contributed by atoms with Crippen molar-refractivity contribution in [2.75, 3.05) is 6.54 Å². The van der Waals surface area contributed by atoms with Crippen molar-refractivity contribution in [3.8, 4) is 0 Å². The van der Waals surface area contributed by atoms with E-state index in [0.717, 1.165) is 5.56 Å². The number of guanidine groups is 1. The van der Waals surface area contributed by atoms with Gasteiger partial charge in [-0.1, -0.05) is 42.5 Å². The summed E-state index contributed by atoms with van der Waals surface area (Å²) in [5.74, 6) is -1.05.